The average Bonchev–Trinajstić information content (AvgIpc) is 2.49. The lowest BCUT2D eigenvalue weighted by atomic mass is 10.1. The monoisotopic (exact) mass is 487 g/mol. The third kappa shape index (κ3) is 5.02. The fourth-order valence-electron chi connectivity index (χ4n) is 2.73. The maximum absolute atomic E-state index is 13.6. The second-order valence-electron chi connectivity index (χ2n) is 6.42. The summed E-state index contributed by atoms with van der Waals surface area (Å²) in [5.41, 5.74) is 0.0296. The van der Waals surface area contributed by atoms with Gasteiger partial charge in [-0.2, -0.15) is 0 Å². The molecule has 1 saturated heterocycles. The van der Waals surface area contributed by atoms with Crippen molar-refractivity contribution in [2.75, 3.05) is 32.4 Å². The summed E-state index contributed by atoms with van der Waals surface area (Å²) in [5, 5.41) is 3.05. The first-order chi connectivity index (χ1) is 11.2. The molecule has 0 saturated carbocycles. The third-order valence-corrected chi connectivity index (χ3v) is 6.81. The fraction of sp³-hybridized carbons (Fsp3) is 0.562. The molecule has 1 N–H and O–H groups in total. The molecule has 0 radical (unpaired) electrons. The topological polar surface area (TPSA) is 61.8 Å². The Balaban J connectivity index is 0.00000312. The molecule has 0 unspecified atom stereocenters. The highest BCUT2D eigenvalue weighted by atomic mass is 127. The molecule has 0 bridgehead atoms. The van der Waals surface area contributed by atoms with Gasteiger partial charge in [0.1, 0.15) is 11.6 Å². The van der Waals surface area contributed by atoms with Crippen molar-refractivity contribution in [2.24, 2.45) is 4.99 Å². The van der Waals surface area contributed by atoms with Gasteiger partial charge in [-0.3, -0.25) is 4.99 Å². The molecule has 5 nitrogen and oxygen atoms in total. The molecular formula is C16H24F2IN3O2S. The van der Waals surface area contributed by atoms with E-state index in [9.17, 15) is 17.2 Å². The van der Waals surface area contributed by atoms with Crippen molar-refractivity contribution in [1.82, 2.24) is 10.2 Å². The minimum absolute atomic E-state index is 0. The SMILES string of the molecule is CN=C(NCCc1c(F)cccc1F)N1CCS(=O)(=O)C(C)(C)C1.I. The molecule has 1 aliphatic heterocycles. The minimum atomic E-state index is -3.13. The van der Waals surface area contributed by atoms with Crippen molar-refractivity contribution in [3.05, 3.63) is 35.4 Å². The van der Waals surface area contributed by atoms with Gasteiger partial charge in [0.15, 0.2) is 15.8 Å². The first-order valence-corrected chi connectivity index (χ1v) is 9.44. The molecule has 142 valence electrons. The Bertz CT molecular complexity index is 719. The molecule has 1 fully saturated rings. The normalized spacial score (nSPS) is 19.2. The summed E-state index contributed by atoms with van der Waals surface area (Å²) in [7, 11) is -1.53. The van der Waals surface area contributed by atoms with E-state index in [-0.39, 0.29) is 41.7 Å². The van der Waals surface area contributed by atoms with Gasteiger partial charge in [0.05, 0.1) is 10.5 Å². The second kappa shape index (κ2) is 8.61. The smallest absolute Gasteiger partial charge is 0.193 e. The van der Waals surface area contributed by atoms with E-state index in [1.54, 1.807) is 20.9 Å². The van der Waals surface area contributed by atoms with E-state index < -0.39 is 26.2 Å². The summed E-state index contributed by atoms with van der Waals surface area (Å²) in [5.74, 6) is -0.550. The average molecular weight is 487 g/mol. The number of hydrogen-bond donors (Lipinski definition) is 1. The molecule has 1 aromatic carbocycles. The lowest BCUT2D eigenvalue weighted by molar-refractivity contribution is 0.353. The first kappa shape index (κ1) is 22.1. The second-order valence-corrected chi connectivity index (χ2v) is 9.17. The predicted molar refractivity (Wildman–Crippen MR) is 106 cm³/mol. The number of sulfone groups is 1. The highest BCUT2D eigenvalue weighted by Crippen LogP contribution is 2.23. The van der Waals surface area contributed by atoms with Crippen LogP contribution in [0.3, 0.4) is 0 Å². The summed E-state index contributed by atoms with van der Waals surface area (Å²) in [6, 6.07) is 3.78. The summed E-state index contributed by atoms with van der Waals surface area (Å²) in [4.78, 5) is 6.01. The Hall–Kier alpha value is -0.970. The van der Waals surface area contributed by atoms with Crippen LogP contribution in [0, 0.1) is 11.6 Å². The van der Waals surface area contributed by atoms with Gasteiger partial charge in [-0.25, -0.2) is 17.2 Å². The highest BCUT2D eigenvalue weighted by molar-refractivity contribution is 14.0. The van der Waals surface area contributed by atoms with Crippen LogP contribution in [0.5, 0.6) is 0 Å². The molecule has 0 aliphatic carbocycles. The van der Waals surface area contributed by atoms with Crippen molar-refractivity contribution in [3.8, 4) is 0 Å². The van der Waals surface area contributed by atoms with Gasteiger partial charge >= 0.3 is 0 Å². The third-order valence-electron chi connectivity index (χ3n) is 4.27. The molecule has 0 amide bonds. The maximum Gasteiger partial charge on any atom is 0.193 e. The van der Waals surface area contributed by atoms with Gasteiger partial charge in [0.25, 0.3) is 0 Å². The van der Waals surface area contributed by atoms with E-state index in [0.717, 1.165) is 0 Å². The zero-order chi connectivity index (χ0) is 18.0. The maximum atomic E-state index is 13.6. The van der Waals surface area contributed by atoms with Crippen LogP contribution in [0.25, 0.3) is 0 Å². The van der Waals surface area contributed by atoms with Crippen molar-refractivity contribution >= 4 is 39.8 Å². The predicted octanol–water partition coefficient (Wildman–Crippen LogP) is 2.21. The van der Waals surface area contributed by atoms with Gasteiger partial charge < -0.3 is 10.2 Å². The lowest BCUT2D eigenvalue weighted by Gasteiger charge is -2.39. The number of aliphatic imine (C=N–C) groups is 1. The molecule has 2 rings (SSSR count). The summed E-state index contributed by atoms with van der Waals surface area (Å²) >= 11 is 0. The van der Waals surface area contributed by atoms with Crippen LogP contribution in [0.1, 0.15) is 19.4 Å². The lowest BCUT2D eigenvalue weighted by Crippen LogP contribution is -2.57. The molecule has 9 heteroatoms. The van der Waals surface area contributed by atoms with E-state index in [2.05, 4.69) is 10.3 Å². The van der Waals surface area contributed by atoms with E-state index in [1.165, 1.54) is 18.2 Å². The number of rotatable bonds is 3. The number of guanidine groups is 1. The zero-order valence-electron chi connectivity index (χ0n) is 14.6. The molecule has 0 spiro atoms. The van der Waals surface area contributed by atoms with E-state index in [1.807, 2.05) is 4.90 Å². The molecule has 0 atom stereocenters. The van der Waals surface area contributed by atoms with Crippen LogP contribution < -0.4 is 5.32 Å². The standard InChI is InChI=1S/C16H23F2N3O2S.HI/c1-16(2)11-21(9-10-24(16,22)23)15(19-3)20-8-7-12-13(17)5-4-6-14(12)18;/h4-6H,7-11H2,1-3H3,(H,19,20);1H. The van der Waals surface area contributed by atoms with Crippen LogP contribution in [-0.2, 0) is 16.3 Å². The number of nitrogens with zero attached hydrogens (tertiary/aromatic N) is 2. The Labute approximate surface area is 164 Å². The van der Waals surface area contributed by atoms with Crippen LogP contribution in [0.4, 0.5) is 8.78 Å². The molecule has 1 heterocycles. The van der Waals surface area contributed by atoms with Crippen molar-refractivity contribution < 1.29 is 17.2 Å². The van der Waals surface area contributed by atoms with E-state index in [4.69, 9.17) is 0 Å². The molecule has 0 aromatic heterocycles. The van der Waals surface area contributed by atoms with Crippen molar-refractivity contribution in [3.63, 3.8) is 0 Å². The number of nitrogens with one attached hydrogen (secondary N) is 1. The molecule has 25 heavy (non-hydrogen) atoms. The minimum Gasteiger partial charge on any atom is -0.356 e. The molecule has 1 aliphatic rings. The summed E-state index contributed by atoms with van der Waals surface area (Å²) in [6.07, 6.45) is 0.174. The first-order valence-electron chi connectivity index (χ1n) is 7.79. The summed E-state index contributed by atoms with van der Waals surface area (Å²) in [6.45, 7) is 4.35. The van der Waals surface area contributed by atoms with Gasteiger partial charge in [-0.05, 0) is 32.4 Å². The van der Waals surface area contributed by atoms with Gasteiger partial charge in [0.2, 0.25) is 0 Å². The molecule has 1 aromatic rings. The fourth-order valence-corrected chi connectivity index (χ4v) is 4.09. The van der Waals surface area contributed by atoms with Crippen molar-refractivity contribution in [2.45, 2.75) is 25.0 Å². The quantitative estimate of drug-likeness (QED) is 0.404. The van der Waals surface area contributed by atoms with Gasteiger partial charge in [-0.15, -0.1) is 24.0 Å². The Kier molecular flexibility index (Phi) is 7.60. The highest BCUT2D eigenvalue weighted by Gasteiger charge is 2.40. The van der Waals surface area contributed by atoms with Crippen LogP contribution in [0.15, 0.2) is 23.2 Å². The Morgan fingerprint density at radius 1 is 1.32 bits per heavy atom. The number of halogens is 3. The van der Waals surface area contributed by atoms with Crippen LogP contribution >= 0.6 is 24.0 Å². The van der Waals surface area contributed by atoms with E-state index >= 15 is 0 Å². The van der Waals surface area contributed by atoms with Crippen LogP contribution in [0.2, 0.25) is 0 Å². The number of benzene rings is 1. The van der Waals surface area contributed by atoms with Gasteiger partial charge in [-0.1, -0.05) is 6.07 Å². The Morgan fingerprint density at radius 2 is 1.92 bits per heavy atom. The Morgan fingerprint density at radius 3 is 2.44 bits per heavy atom. The zero-order valence-corrected chi connectivity index (χ0v) is 17.7. The van der Waals surface area contributed by atoms with Crippen molar-refractivity contribution in [1.29, 1.82) is 0 Å². The largest absolute Gasteiger partial charge is 0.356 e. The van der Waals surface area contributed by atoms with Crippen LogP contribution in [-0.4, -0.2) is 56.5 Å². The summed E-state index contributed by atoms with van der Waals surface area (Å²) < 4.78 is 50.5. The van der Waals surface area contributed by atoms with Gasteiger partial charge in [0, 0.05) is 32.2 Å². The number of hydrogen-bond acceptors (Lipinski definition) is 3. The van der Waals surface area contributed by atoms with E-state index in [0.29, 0.717) is 25.6 Å². The molecular weight excluding hydrogens is 463 g/mol.